The average molecular weight is 377 g/mol. The highest BCUT2D eigenvalue weighted by atomic mass is 19.1. The van der Waals surface area contributed by atoms with E-state index < -0.39 is 16.6 Å². The van der Waals surface area contributed by atoms with E-state index in [-0.39, 0.29) is 17.0 Å². The number of rotatable bonds is 5. The first-order valence-electron chi connectivity index (χ1n) is 7.99. The summed E-state index contributed by atoms with van der Waals surface area (Å²) in [6.07, 6.45) is 1.25. The van der Waals surface area contributed by atoms with Gasteiger partial charge in [-0.2, -0.15) is 5.26 Å². The third-order valence-electron chi connectivity index (χ3n) is 3.72. The Hall–Kier alpha value is -4.25. The molecular formula is C20H12FN3O4. The summed E-state index contributed by atoms with van der Waals surface area (Å²) in [5, 5.41) is 22.6. The highest BCUT2D eigenvalue weighted by Gasteiger charge is 2.13. The standard InChI is InChI=1S/C20H12FN3O4/c21-15-4-6-16(7-5-15)23-20(25)14(12-22)11-18-8-9-19(28-18)13-2-1-3-17(10-13)24(26)27/h1-11H,(H,23,25)/b14-11+. The van der Waals surface area contributed by atoms with Crippen LogP contribution in [0.5, 0.6) is 0 Å². The molecule has 0 fully saturated rings. The SMILES string of the molecule is N#C/C(=C\c1ccc(-c2cccc([N+](=O)[O-])c2)o1)C(=O)Nc1ccc(F)cc1. The fourth-order valence-electron chi connectivity index (χ4n) is 2.38. The van der Waals surface area contributed by atoms with Crippen molar-refractivity contribution in [1.82, 2.24) is 0 Å². The molecule has 0 atom stereocenters. The van der Waals surface area contributed by atoms with E-state index in [0.717, 1.165) is 0 Å². The van der Waals surface area contributed by atoms with Gasteiger partial charge in [0.1, 0.15) is 29.0 Å². The molecule has 1 heterocycles. The summed E-state index contributed by atoms with van der Waals surface area (Å²) in [6, 6.07) is 15.9. The van der Waals surface area contributed by atoms with Crippen LogP contribution in [0, 0.1) is 27.3 Å². The lowest BCUT2D eigenvalue weighted by Gasteiger charge is -2.03. The molecule has 1 amide bonds. The highest BCUT2D eigenvalue weighted by molar-refractivity contribution is 6.09. The van der Waals surface area contributed by atoms with Gasteiger partial charge in [0.05, 0.1) is 4.92 Å². The van der Waals surface area contributed by atoms with E-state index in [2.05, 4.69) is 5.32 Å². The minimum Gasteiger partial charge on any atom is -0.457 e. The van der Waals surface area contributed by atoms with Gasteiger partial charge in [-0.1, -0.05) is 12.1 Å². The first kappa shape index (κ1) is 18.5. The number of hydrogen-bond donors (Lipinski definition) is 1. The van der Waals surface area contributed by atoms with Gasteiger partial charge in [-0.25, -0.2) is 4.39 Å². The maximum Gasteiger partial charge on any atom is 0.270 e. The van der Waals surface area contributed by atoms with Crippen molar-refractivity contribution in [2.75, 3.05) is 5.32 Å². The largest absolute Gasteiger partial charge is 0.457 e. The van der Waals surface area contributed by atoms with Crippen LogP contribution in [0.1, 0.15) is 5.76 Å². The molecule has 2 aromatic carbocycles. The number of halogens is 1. The van der Waals surface area contributed by atoms with Gasteiger partial charge in [0, 0.05) is 29.5 Å². The van der Waals surface area contributed by atoms with E-state index >= 15 is 0 Å². The third kappa shape index (κ3) is 4.28. The molecule has 3 rings (SSSR count). The molecule has 1 aromatic heterocycles. The predicted molar refractivity (Wildman–Crippen MR) is 99.4 cm³/mol. The fraction of sp³-hybridized carbons (Fsp3) is 0. The van der Waals surface area contributed by atoms with Crippen LogP contribution < -0.4 is 5.32 Å². The lowest BCUT2D eigenvalue weighted by Crippen LogP contribution is -2.13. The van der Waals surface area contributed by atoms with Gasteiger partial charge >= 0.3 is 0 Å². The molecule has 0 aliphatic heterocycles. The molecule has 0 aliphatic carbocycles. The van der Waals surface area contributed by atoms with Crippen LogP contribution in [0.2, 0.25) is 0 Å². The molecule has 0 bridgehead atoms. The van der Waals surface area contributed by atoms with Crippen LogP contribution in [-0.2, 0) is 4.79 Å². The monoisotopic (exact) mass is 377 g/mol. The quantitative estimate of drug-likeness (QED) is 0.304. The molecule has 0 radical (unpaired) electrons. The second-order valence-corrected chi connectivity index (χ2v) is 5.64. The number of hydrogen-bond acceptors (Lipinski definition) is 5. The van der Waals surface area contributed by atoms with E-state index in [1.165, 1.54) is 54.6 Å². The number of carbonyl (C=O) groups excluding carboxylic acids is 1. The normalized spacial score (nSPS) is 10.9. The maximum atomic E-state index is 12.9. The molecule has 0 spiro atoms. The summed E-state index contributed by atoms with van der Waals surface area (Å²) >= 11 is 0. The van der Waals surface area contributed by atoms with E-state index in [9.17, 15) is 24.6 Å². The van der Waals surface area contributed by atoms with Crippen molar-refractivity contribution in [3.8, 4) is 17.4 Å². The van der Waals surface area contributed by atoms with Crippen LogP contribution in [0.4, 0.5) is 15.8 Å². The average Bonchev–Trinajstić information content (AvgIpc) is 3.16. The van der Waals surface area contributed by atoms with Gasteiger partial charge in [0.15, 0.2) is 0 Å². The number of nitrogens with zero attached hydrogens (tertiary/aromatic N) is 2. The Balaban J connectivity index is 1.81. The lowest BCUT2D eigenvalue weighted by molar-refractivity contribution is -0.384. The van der Waals surface area contributed by atoms with Crippen molar-refractivity contribution in [2.45, 2.75) is 0 Å². The molecular weight excluding hydrogens is 365 g/mol. The molecule has 138 valence electrons. The number of nitrogens with one attached hydrogen (secondary N) is 1. The zero-order valence-corrected chi connectivity index (χ0v) is 14.3. The summed E-state index contributed by atoms with van der Waals surface area (Å²) in [7, 11) is 0. The Labute approximate surface area is 158 Å². The summed E-state index contributed by atoms with van der Waals surface area (Å²) < 4.78 is 18.5. The van der Waals surface area contributed by atoms with Crippen molar-refractivity contribution < 1.29 is 18.5 Å². The summed E-state index contributed by atoms with van der Waals surface area (Å²) in [5.41, 5.74) is 0.527. The number of nitro benzene ring substituents is 1. The van der Waals surface area contributed by atoms with Gasteiger partial charge in [-0.05, 0) is 36.4 Å². The Morgan fingerprint density at radius 3 is 2.61 bits per heavy atom. The number of non-ortho nitro benzene ring substituents is 1. The second kappa shape index (κ2) is 7.97. The summed E-state index contributed by atoms with van der Waals surface area (Å²) in [5.74, 6) is -0.542. The molecule has 8 heteroatoms. The fourth-order valence-corrected chi connectivity index (χ4v) is 2.38. The molecule has 0 unspecified atom stereocenters. The van der Waals surface area contributed by atoms with E-state index in [1.807, 2.05) is 0 Å². The highest BCUT2D eigenvalue weighted by Crippen LogP contribution is 2.26. The Bertz CT molecular complexity index is 1110. The second-order valence-electron chi connectivity index (χ2n) is 5.64. The summed E-state index contributed by atoms with van der Waals surface area (Å²) in [6.45, 7) is 0. The van der Waals surface area contributed by atoms with E-state index in [0.29, 0.717) is 17.0 Å². The predicted octanol–water partition coefficient (Wildman–Crippen LogP) is 4.54. The zero-order chi connectivity index (χ0) is 20.1. The Morgan fingerprint density at radius 2 is 1.93 bits per heavy atom. The zero-order valence-electron chi connectivity index (χ0n) is 14.3. The molecule has 0 aliphatic rings. The number of benzene rings is 2. The van der Waals surface area contributed by atoms with Crippen LogP contribution >= 0.6 is 0 Å². The van der Waals surface area contributed by atoms with Gasteiger partial charge in [0.25, 0.3) is 11.6 Å². The first-order chi connectivity index (χ1) is 13.5. The molecule has 0 saturated carbocycles. The Kier molecular flexibility index (Phi) is 5.28. The molecule has 7 nitrogen and oxygen atoms in total. The van der Waals surface area contributed by atoms with Crippen LogP contribution in [-0.4, -0.2) is 10.8 Å². The lowest BCUT2D eigenvalue weighted by atomic mass is 10.1. The number of nitro groups is 1. The topological polar surface area (TPSA) is 109 Å². The van der Waals surface area contributed by atoms with Crippen LogP contribution in [0.3, 0.4) is 0 Å². The molecule has 3 aromatic rings. The van der Waals surface area contributed by atoms with Crippen LogP contribution in [0.15, 0.2) is 70.7 Å². The Morgan fingerprint density at radius 1 is 1.18 bits per heavy atom. The molecule has 28 heavy (non-hydrogen) atoms. The van der Waals surface area contributed by atoms with E-state index in [4.69, 9.17) is 4.42 Å². The summed E-state index contributed by atoms with van der Waals surface area (Å²) in [4.78, 5) is 22.6. The van der Waals surface area contributed by atoms with E-state index in [1.54, 1.807) is 18.2 Å². The number of amides is 1. The number of carbonyl (C=O) groups is 1. The van der Waals surface area contributed by atoms with Crippen LogP contribution in [0.25, 0.3) is 17.4 Å². The van der Waals surface area contributed by atoms with Gasteiger partial charge in [0.2, 0.25) is 0 Å². The van der Waals surface area contributed by atoms with Gasteiger partial charge in [-0.15, -0.1) is 0 Å². The molecule has 0 saturated heterocycles. The van der Waals surface area contributed by atoms with Crippen molar-refractivity contribution in [2.24, 2.45) is 0 Å². The number of furan rings is 1. The number of nitriles is 1. The van der Waals surface area contributed by atoms with Crippen molar-refractivity contribution in [3.05, 3.63) is 87.9 Å². The number of anilines is 1. The van der Waals surface area contributed by atoms with Crippen molar-refractivity contribution >= 4 is 23.4 Å². The smallest absolute Gasteiger partial charge is 0.270 e. The van der Waals surface area contributed by atoms with Crippen molar-refractivity contribution in [1.29, 1.82) is 5.26 Å². The van der Waals surface area contributed by atoms with Gasteiger partial charge < -0.3 is 9.73 Å². The minimum absolute atomic E-state index is 0.0811. The molecule has 1 N–H and O–H groups in total. The first-order valence-corrected chi connectivity index (χ1v) is 7.99. The maximum absolute atomic E-state index is 12.9. The minimum atomic E-state index is -0.678. The third-order valence-corrected chi connectivity index (χ3v) is 3.72. The van der Waals surface area contributed by atoms with Crippen molar-refractivity contribution in [3.63, 3.8) is 0 Å². The van der Waals surface area contributed by atoms with Gasteiger partial charge in [-0.3, -0.25) is 14.9 Å².